The lowest BCUT2D eigenvalue weighted by atomic mass is 10.1. The highest BCUT2D eigenvalue weighted by Crippen LogP contribution is 2.29. The normalized spacial score (nSPS) is 16.6. The molecule has 0 radical (unpaired) electrons. The predicted molar refractivity (Wildman–Crippen MR) is 110 cm³/mol. The van der Waals surface area contributed by atoms with Crippen molar-refractivity contribution in [3.63, 3.8) is 0 Å². The highest BCUT2D eigenvalue weighted by molar-refractivity contribution is 5.75. The maximum atomic E-state index is 12.6. The first kappa shape index (κ1) is 18.5. The molecule has 28 heavy (non-hydrogen) atoms. The zero-order valence-electron chi connectivity index (χ0n) is 16.6. The van der Waals surface area contributed by atoms with Crippen LogP contribution in [0.15, 0.2) is 42.6 Å². The molecule has 0 spiro atoms. The quantitative estimate of drug-likeness (QED) is 0.735. The summed E-state index contributed by atoms with van der Waals surface area (Å²) in [4.78, 5) is 23.9. The van der Waals surface area contributed by atoms with Crippen molar-refractivity contribution in [2.45, 2.75) is 45.7 Å². The van der Waals surface area contributed by atoms with Crippen molar-refractivity contribution in [1.29, 1.82) is 0 Å². The maximum absolute atomic E-state index is 12.6. The van der Waals surface area contributed by atoms with Gasteiger partial charge < -0.3 is 14.8 Å². The number of imidazole rings is 1. The fourth-order valence-electron chi connectivity index (χ4n) is 3.88. The van der Waals surface area contributed by atoms with E-state index in [1.165, 1.54) is 5.56 Å². The third-order valence-corrected chi connectivity index (χ3v) is 5.39. The lowest BCUT2D eigenvalue weighted by molar-refractivity contribution is 0.207. The Balaban J connectivity index is 1.43. The Morgan fingerprint density at radius 1 is 1.25 bits per heavy atom. The van der Waals surface area contributed by atoms with Crippen LogP contribution in [-0.4, -0.2) is 38.6 Å². The van der Waals surface area contributed by atoms with Gasteiger partial charge in [-0.3, -0.25) is 0 Å². The second kappa shape index (κ2) is 8.00. The first-order valence-electron chi connectivity index (χ1n) is 10.0. The molecule has 6 heteroatoms. The average molecular weight is 377 g/mol. The first-order valence-corrected chi connectivity index (χ1v) is 10.0. The molecule has 2 aromatic heterocycles. The third-order valence-electron chi connectivity index (χ3n) is 5.39. The fourth-order valence-corrected chi connectivity index (χ4v) is 3.88. The van der Waals surface area contributed by atoms with Crippen molar-refractivity contribution in [2.75, 3.05) is 13.1 Å². The highest BCUT2D eigenvalue weighted by Gasteiger charge is 2.31. The van der Waals surface area contributed by atoms with E-state index in [1.807, 2.05) is 23.2 Å². The predicted octanol–water partition coefficient (Wildman–Crippen LogP) is 3.85. The van der Waals surface area contributed by atoms with E-state index in [1.54, 1.807) is 0 Å². The number of benzene rings is 1. The molecule has 4 rings (SSSR count). The number of pyridine rings is 1. The summed E-state index contributed by atoms with van der Waals surface area (Å²) in [5.41, 5.74) is 4.22. The summed E-state index contributed by atoms with van der Waals surface area (Å²) in [5.74, 6) is 1.32. The van der Waals surface area contributed by atoms with Crippen molar-refractivity contribution in [2.24, 2.45) is 0 Å². The minimum atomic E-state index is -0.000599. The number of hydrogen-bond donors (Lipinski definition) is 1. The number of amides is 2. The van der Waals surface area contributed by atoms with Crippen LogP contribution < -0.4 is 5.32 Å². The highest BCUT2D eigenvalue weighted by atomic mass is 16.2. The summed E-state index contributed by atoms with van der Waals surface area (Å²) in [7, 11) is 0. The van der Waals surface area contributed by atoms with Crippen molar-refractivity contribution in [3.05, 3.63) is 59.5 Å². The molecule has 1 N–H and O–H groups in total. The van der Waals surface area contributed by atoms with E-state index in [4.69, 9.17) is 4.98 Å². The van der Waals surface area contributed by atoms with Crippen molar-refractivity contribution in [3.8, 4) is 0 Å². The molecule has 6 nitrogen and oxygen atoms in total. The second-order valence-electron chi connectivity index (χ2n) is 7.54. The van der Waals surface area contributed by atoms with Gasteiger partial charge in [-0.1, -0.05) is 36.8 Å². The molecule has 146 valence electrons. The molecular weight excluding hydrogens is 350 g/mol. The molecule has 0 unspecified atom stereocenters. The van der Waals surface area contributed by atoms with Crippen LogP contribution in [0.25, 0.3) is 11.2 Å². The van der Waals surface area contributed by atoms with Gasteiger partial charge in [-0.05, 0) is 37.5 Å². The number of likely N-dealkylation sites (tertiary alicyclic amines) is 1. The van der Waals surface area contributed by atoms with Gasteiger partial charge in [-0.15, -0.1) is 0 Å². The number of urea groups is 1. The molecule has 3 heterocycles. The molecule has 2 amide bonds. The van der Waals surface area contributed by atoms with Crippen LogP contribution in [0, 0.1) is 6.92 Å². The van der Waals surface area contributed by atoms with Crippen LogP contribution in [0.3, 0.4) is 0 Å². The Labute approximate surface area is 165 Å². The summed E-state index contributed by atoms with van der Waals surface area (Å²) in [5, 5.41) is 3.05. The second-order valence-corrected chi connectivity index (χ2v) is 7.54. The molecule has 1 aliphatic rings. The number of aromatic nitrogens is 3. The van der Waals surface area contributed by atoms with E-state index in [-0.39, 0.29) is 11.9 Å². The summed E-state index contributed by atoms with van der Waals surface area (Å²) >= 11 is 0. The van der Waals surface area contributed by atoms with Crippen molar-refractivity contribution in [1.82, 2.24) is 24.8 Å². The molecule has 1 saturated heterocycles. The fraction of sp³-hybridized carbons (Fsp3) is 0.409. The number of nitrogens with zero attached hydrogens (tertiary/aromatic N) is 4. The van der Waals surface area contributed by atoms with Crippen LogP contribution >= 0.6 is 0 Å². The summed E-state index contributed by atoms with van der Waals surface area (Å²) in [6, 6.07) is 12.2. The minimum absolute atomic E-state index is 0.000599. The average Bonchev–Trinajstić information content (AvgIpc) is 3.33. The molecule has 1 aromatic carbocycles. The molecule has 1 atom stereocenters. The summed E-state index contributed by atoms with van der Waals surface area (Å²) in [6.45, 7) is 7.14. The zero-order chi connectivity index (χ0) is 19.5. The van der Waals surface area contributed by atoms with Crippen LogP contribution in [0.2, 0.25) is 0 Å². The number of nitrogens with one attached hydrogen (secondary N) is 1. The smallest absolute Gasteiger partial charge is 0.317 e. The van der Waals surface area contributed by atoms with Gasteiger partial charge in [0.25, 0.3) is 0 Å². The van der Waals surface area contributed by atoms with Crippen molar-refractivity contribution < 1.29 is 4.79 Å². The lowest BCUT2D eigenvalue weighted by Crippen LogP contribution is -2.38. The first-order chi connectivity index (χ1) is 13.7. The Bertz CT molecular complexity index is 963. The van der Waals surface area contributed by atoms with Crippen LogP contribution in [0.4, 0.5) is 4.79 Å². The van der Waals surface area contributed by atoms with Gasteiger partial charge in [-0.2, -0.15) is 0 Å². The molecule has 3 aromatic rings. The monoisotopic (exact) mass is 377 g/mol. The molecule has 1 aliphatic heterocycles. The zero-order valence-corrected chi connectivity index (χ0v) is 16.6. The number of fused-ring (bicyclic) bond motifs is 1. The number of carbonyl (C=O) groups excluding carboxylic acids is 1. The van der Waals surface area contributed by atoms with Gasteiger partial charge in [0.15, 0.2) is 5.65 Å². The topological polar surface area (TPSA) is 63.1 Å². The van der Waals surface area contributed by atoms with Gasteiger partial charge in [0.2, 0.25) is 0 Å². The van der Waals surface area contributed by atoms with Gasteiger partial charge in [-0.25, -0.2) is 14.8 Å². The Hall–Kier alpha value is -2.89. The van der Waals surface area contributed by atoms with E-state index >= 15 is 0 Å². The van der Waals surface area contributed by atoms with E-state index in [0.717, 1.165) is 48.5 Å². The SMILES string of the molecule is CCCn1c([C@H]2CCN(C(=O)NCc3ccc(C)cc3)C2)nc2cccnc21. The number of hydrogen-bond acceptors (Lipinski definition) is 3. The lowest BCUT2D eigenvalue weighted by Gasteiger charge is -2.18. The van der Waals surface area contributed by atoms with E-state index < -0.39 is 0 Å². The number of rotatable bonds is 5. The molecule has 1 fully saturated rings. The van der Waals surface area contributed by atoms with Crippen molar-refractivity contribution >= 4 is 17.2 Å². The van der Waals surface area contributed by atoms with E-state index in [9.17, 15) is 4.79 Å². The number of aryl methyl sites for hydroxylation is 2. The standard InChI is InChI=1S/C22H27N5O/c1-3-12-27-20(25-19-5-4-11-23-21(19)27)18-10-13-26(15-18)22(28)24-14-17-8-6-16(2)7-9-17/h4-9,11,18H,3,10,12-15H2,1-2H3,(H,24,28)/t18-/m0/s1. The molecular formula is C22H27N5O. The Morgan fingerprint density at radius 3 is 2.86 bits per heavy atom. The van der Waals surface area contributed by atoms with Gasteiger partial charge in [0, 0.05) is 38.3 Å². The van der Waals surface area contributed by atoms with Gasteiger partial charge in [0.05, 0.1) is 0 Å². The number of carbonyl (C=O) groups is 1. The van der Waals surface area contributed by atoms with Crippen LogP contribution in [0.5, 0.6) is 0 Å². The van der Waals surface area contributed by atoms with Gasteiger partial charge >= 0.3 is 6.03 Å². The Kier molecular flexibility index (Phi) is 5.28. The minimum Gasteiger partial charge on any atom is -0.334 e. The van der Waals surface area contributed by atoms with E-state index in [0.29, 0.717) is 13.1 Å². The molecule has 0 bridgehead atoms. The largest absolute Gasteiger partial charge is 0.334 e. The maximum Gasteiger partial charge on any atom is 0.317 e. The third kappa shape index (κ3) is 3.72. The summed E-state index contributed by atoms with van der Waals surface area (Å²) in [6.07, 6.45) is 3.78. The summed E-state index contributed by atoms with van der Waals surface area (Å²) < 4.78 is 2.23. The molecule has 0 saturated carbocycles. The van der Waals surface area contributed by atoms with Gasteiger partial charge in [0.1, 0.15) is 11.3 Å². The Morgan fingerprint density at radius 2 is 2.07 bits per heavy atom. The van der Waals surface area contributed by atoms with Crippen LogP contribution in [0.1, 0.15) is 42.6 Å². The van der Waals surface area contributed by atoms with Crippen LogP contribution in [-0.2, 0) is 13.1 Å². The molecule has 0 aliphatic carbocycles. The van der Waals surface area contributed by atoms with E-state index in [2.05, 4.69) is 53.0 Å².